The van der Waals surface area contributed by atoms with Crippen LogP contribution >= 0.6 is 0 Å². The first-order chi connectivity index (χ1) is 14.8. The van der Waals surface area contributed by atoms with Gasteiger partial charge in [0.2, 0.25) is 5.91 Å². The van der Waals surface area contributed by atoms with Gasteiger partial charge in [0.05, 0.1) is 6.42 Å². The smallest absolute Gasteiger partial charge is 0.255 e. The van der Waals surface area contributed by atoms with Crippen molar-refractivity contribution in [1.29, 1.82) is 0 Å². The molecule has 1 unspecified atom stereocenters. The molecule has 2 amide bonds. The number of hydrogen-bond acceptors (Lipinski definition) is 3. The Labute approximate surface area is 183 Å². The molecule has 1 aliphatic rings. The van der Waals surface area contributed by atoms with Gasteiger partial charge in [0.25, 0.3) is 5.91 Å². The lowest BCUT2D eigenvalue weighted by Gasteiger charge is -2.50. The zero-order valence-electron chi connectivity index (χ0n) is 18.3. The van der Waals surface area contributed by atoms with E-state index in [1.165, 1.54) is 0 Å². The summed E-state index contributed by atoms with van der Waals surface area (Å²) in [6.45, 7) is 4.00. The van der Waals surface area contributed by atoms with E-state index in [9.17, 15) is 9.59 Å². The highest BCUT2D eigenvalue weighted by atomic mass is 16.2. The summed E-state index contributed by atoms with van der Waals surface area (Å²) in [5.74, 6) is -0.284. The Morgan fingerprint density at radius 1 is 0.871 bits per heavy atom. The average Bonchev–Trinajstić information content (AvgIpc) is 2.75. The molecule has 3 aromatic carbocycles. The SMILES string of the molecule is Cc1ccc(NC(=O)C2(c3ccc(N(C)C)cc3)CC(=O)N2c2ccc(C)cc2)cc1. The molecule has 0 aromatic heterocycles. The molecule has 0 spiro atoms. The van der Waals surface area contributed by atoms with Crippen LogP contribution in [0.5, 0.6) is 0 Å². The summed E-state index contributed by atoms with van der Waals surface area (Å²) >= 11 is 0. The van der Waals surface area contributed by atoms with Crippen molar-refractivity contribution in [3.8, 4) is 0 Å². The van der Waals surface area contributed by atoms with E-state index in [4.69, 9.17) is 0 Å². The maximum atomic E-state index is 13.7. The van der Waals surface area contributed by atoms with Gasteiger partial charge in [0, 0.05) is 31.2 Å². The number of hydrogen-bond donors (Lipinski definition) is 1. The van der Waals surface area contributed by atoms with Crippen molar-refractivity contribution in [2.24, 2.45) is 0 Å². The molecule has 0 bridgehead atoms. The molecule has 1 saturated heterocycles. The van der Waals surface area contributed by atoms with Gasteiger partial charge in [-0.3, -0.25) is 14.5 Å². The summed E-state index contributed by atoms with van der Waals surface area (Å²) in [5.41, 5.74) is 4.38. The summed E-state index contributed by atoms with van der Waals surface area (Å²) in [5, 5.41) is 3.04. The highest BCUT2D eigenvalue weighted by molar-refractivity contribution is 6.17. The molecule has 0 aliphatic carbocycles. The first-order valence-corrected chi connectivity index (χ1v) is 10.4. The average molecular weight is 414 g/mol. The predicted octanol–water partition coefficient (Wildman–Crippen LogP) is 4.64. The molecule has 1 aliphatic heterocycles. The Hall–Kier alpha value is -3.60. The third-order valence-corrected chi connectivity index (χ3v) is 5.88. The van der Waals surface area contributed by atoms with Crippen LogP contribution in [0.15, 0.2) is 72.8 Å². The van der Waals surface area contributed by atoms with E-state index in [1.807, 2.05) is 106 Å². The Kier molecular flexibility index (Phi) is 5.27. The van der Waals surface area contributed by atoms with Crippen molar-refractivity contribution in [2.45, 2.75) is 25.8 Å². The molecule has 1 fully saturated rings. The molecule has 5 nitrogen and oxygen atoms in total. The largest absolute Gasteiger partial charge is 0.378 e. The number of aryl methyl sites for hydroxylation is 2. The van der Waals surface area contributed by atoms with Gasteiger partial charge in [0.15, 0.2) is 5.54 Å². The van der Waals surface area contributed by atoms with Crippen LogP contribution in [0.25, 0.3) is 0 Å². The lowest BCUT2D eigenvalue weighted by Crippen LogP contribution is -2.67. The Morgan fingerprint density at radius 2 is 1.42 bits per heavy atom. The van der Waals surface area contributed by atoms with Gasteiger partial charge in [-0.1, -0.05) is 47.5 Å². The van der Waals surface area contributed by atoms with Crippen molar-refractivity contribution in [1.82, 2.24) is 0 Å². The van der Waals surface area contributed by atoms with E-state index in [-0.39, 0.29) is 18.2 Å². The first kappa shape index (κ1) is 20.7. The number of β-lactam (4-membered cyclic amide) rings is 1. The predicted molar refractivity (Wildman–Crippen MR) is 126 cm³/mol. The van der Waals surface area contributed by atoms with Crippen molar-refractivity contribution >= 4 is 28.9 Å². The zero-order valence-corrected chi connectivity index (χ0v) is 18.3. The Balaban J connectivity index is 1.78. The van der Waals surface area contributed by atoms with E-state index in [0.717, 1.165) is 28.1 Å². The van der Waals surface area contributed by atoms with E-state index >= 15 is 0 Å². The molecule has 31 heavy (non-hydrogen) atoms. The number of carbonyl (C=O) groups excluding carboxylic acids is 2. The van der Waals surface area contributed by atoms with Gasteiger partial charge in [-0.05, 0) is 55.8 Å². The summed E-state index contributed by atoms with van der Waals surface area (Å²) < 4.78 is 0. The van der Waals surface area contributed by atoms with Crippen LogP contribution in [0.4, 0.5) is 17.1 Å². The van der Waals surface area contributed by atoms with Crippen LogP contribution in [0.1, 0.15) is 23.1 Å². The normalized spacial score (nSPS) is 17.8. The second-order valence-electron chi connectivity index (χ2n) is 8.36. The van der Waals surface area contributed by atoms with Gasteiger partial charge >= 0.3 is 0 Å². The summed E-state index contributed by atoms with van der Waals surface area (Å²) in [4.78, 5) is 30.2. The molecule has 0 saturated carbocycles. The molecule has 1 heterocycles. The minimum absolute atomic E-state index is 0.0698. The van der Waals surface area contributed by atoms with Crippen LogP contribution in [-0.2, 0) is 15.1 Å². The maximum absolute atomic E-state index is 13.7. The molecule has 1 atom stereocenters. The monoisotopic (exact) mass is 413 g/mol. The number of anilines is 3. The third-order valence-electron chi connectivity index (χ3n) is 5.88. The fourth-order valence-corrected chi connectivity index (χ4v) is 4.01. The van der Waals surface area contributed by atoms with Gasteiger partial charge in [-0.15, -0.1) is 0 Å². The summed E-state index contributed by atoms with van der Waals surface area (Å²) in [6.07, 6.45) is 0.125. The third kappa shape index (κ3) is 3.67. The van der Waals surface area contributed by atoms with E-state index in [1.54, 1.807) is 4.90 Å². The van der Waals surface area contributed by atoms with Crippen LogP contribution in [0.3, 0.4) is 0 Å². The standard InChI is InChI=1S/C26H27N3O2/c1-18-5-11-21(12-6-18)27-25(31)26(20-9-15-22(16-10-20)28(3)4)17-24(30)29(26)23-13-7-19(2)8-14-23/h5-16H,17H2,1-4H3,(H,27,31). The molecule has 4 rings (SSSR count). The molecule has 5 heteroatoms. The first-order valence-electron chi connectivity index (χ1n) is 10.4. The minimum Gasteiger partial charge on any atom is -0.378 e. The Morgan fingerprint density at radius 3 is 1.94 bits per heavy atom. The molecular formula is C26H27N3O2. The van der Waals surface area contributed by atoms with Gasteiger partial charge in [-0.25, -0.2) is 0 Å². The number of amides is 2. The molecule has 1 N–H and O–H groups in total. The lowest BCUT2D eigenvalue weighted by molar-refractivity contribution is -0.137. The molecule has 3 aromatic rings. The van der Waals surface area contributed by atoms with Gasteiger partial charge in [0.1, 0.15) is 0 Å². The van der Waals surface area contributed by atoms with Gasteiger partial charge in [-0.2, -0.15) is 0 Å². The lowest BCUT2D eigenvalue weighted by atomic mass is 9.76. The quantitative estimate of drug-likeness (QED) is 0.620. The number of rotatable bonds is 5. The van der Waals surface area contributed by atoms with Crippen LogP contribution in [-0.4, -0.2) is 25.9 Å². The van der Waals surface area contributed by atoms with E-state index < -0.39 is 5.54 Å². The van der Waals surface area contributed by atoms with E-state index in [0.29, 0.717) is 5.69 Å². The fourth-order valence-electron chi connectivity index (χ4n) is 4.01. The summed E-state index contributed by atoms with van der Waals surface area (Å²) in [7, 11) is 3.95. The number of nitrogens with zero attached hydrogens (tertiary/aromatic N) is 2. The molecular weight excluding hydrogens is 386 g/mol. The number of nitrogens with one attached hydrogen (secondary N) is 1. The number of carbonyl (C=O) groups is 2. The second-order valence-corrected chi connectivity index (χ2v) is 8.36. The van der Waals surface area contributed by atoms with Gasteiger partial charge < -0.3 is 10.2 Å². The van der Waals surface area contributed by atoms with Crippen molar-refractivity contribution in [3.63, 3.8) is 0 Å². The van der Waals surface area contributed by atoms with Crippen molar-refractivity contribution < 1.29 is 9.59 Å². The molecule has 158 valence electrons. The highest BCUT2D eigenvalue weighted by Crippen LogP contribution is 2.46. The van der Waals surface area contributed by atoms with Crippen LogP contribution < -0.4 is 15.1 Å². The summed E-state index contributed by atoms with van der Waals surface area (Å²) in [6, 6.07) is 23.2. The zero-order chi connectivity index (χ0) is 22.2. The van der Waals surface area contributed by atoms with Crippen LogP contribution in [0, 0.1) is 13.8 Å². The van der Waals surface area contributed by atoms with Crippen molar-refractivity contribution in [2.75, 3.05) is 29.2 Å². The molecule has 0 radical (unpaired) electrons. The fraction of sp³-hybridized carbons (Fsp3) is 0.231. The number of benzene rings is 3. The minimum atomic E-state index is -1.10. The highest BCUT2D eigenvalue weighted by Gasteiger charge is 2.58. The van der Waals surface area contributed by atoms with Crippen molar-refractivity contribution in [3.05, 3.63) is 89.5 Å². The van der Waals surface area contributed by atoms with E-state index in [2.05, 4.69) is 5.32 Å². The Bertz CT molecular complexity index is 1100. The maximum Gasteiger partial charge on any atom is 0.255 e. The second kappa shape index (κ2) is 7.91. The topological polar surface area (TPSA) is 52.7 Å². The van der Waals surface area contributed by atoms with Crippen LogP contribution in [0.2, 0.25) is 0 Å².